The molecule has 1 aromatic carbocycles. The van der Waals surface area contributed by atoms with E-state index in [9.17, 15) is 4.79 Å². The summed E-state index contributed by atoms with van der Waals surface area (Å²) in [6.07, 6.45) is 1.08. The van der Waals surface area contributed by atoms with Gasteiger partial charge in [0, 0.05) is 37.5 Å². The van der Waals surface area contributed by atoms with Gasteiger partial charge in [0.15, 0.2) is 0 Å². The van der Waals surface area contributed by atoms with Crippen LogP contribution in [0, 0.1) is 0 Å². The topological polar surface area (TPSA) is 45.5 Å². The van der Waals surface area contributed by atoms with Crippen molar-refractivity contribution >= 4 is 5.91 Å². The van der Waals surface area contributed by atoms with Crippen LogP contribution in [-0.4, -0.2) is 36.5 Å². The normalized spacial score (nSPS) is 11.2. The predicted octanol–water partition coefficient (Wildman–Crippen LogP) is 3.73. The molecule has 0 atom stereocenters. The molecule has 0 fully saturated rings. The Hall–Kier alpha value is -2.07. The lowest BCUT2D eigenvalue weighted by atomic mass is 10.2. The minimum absolute atomic E-state index is 0.0764. The summed E-state index contributed by atoms with van der Waals surface area (Å²) >= 11 is 0. The standard InChI is InChI=1S/C20H28N2O2/c1-4-22(16(2)3)15-14-21-20(23)13-11-18-10-12-19(24-18)17-8-6-5-7-9-17/h5-10,12,16H,4,11,13-15H2,1-3H3,(H,21,23). The van der Waals surface area contributed by atoms with Crippen LogP contribution in [0.5, 0.6) is 0 Å². The van der Waals surface area contributed by atoms with E-state index in [1.165, 1.54) is 0 Å². The first kappa shape index (κ1) is 18.3. The molecule has 4 nitrogen and oxygen atoms in total. The van der Waals surface area contributed by atoms with Gasteiger partial charge in [0.05, 0.1) is 0 Å². The van der Waals surface area contributed by atoms with E-state index in [0.29, 0.717) is 25.4 Å². The molecule has 0 aliphatic rings. The maximum atomic E-state index is 12.0. The largest absolute Gasteiger partial charge is 0.461 e. The number of furan rings is 1. The summed E-state index contributed by atoms with van der Waals surface area (Å²) in [5.41, 5.74) is 1.06. The Morgan fingerprint density at radius 1 is 1.17 bits per heavy atom. The fraction of sp³-hybridized carbons (Fsp3) is 0.450. The molecule has 0 spiro atoms. The van der Waals surface area contributed by atoms with Crippen molar-refractivity contribution in [1.29, 1.82) is 0 Å². The highest BCUT2D eigenvalue weighted by molar-refractivity contribution is 5.76. The van der Waals surface area contributed by atoms with Crippen molar-refractivity contribution in [2.45, 2.75) is 39.7 Å². The Bertz CT molecular complexity index is 620. The van der Waals surface area contributed by atoms with Crippen LogP contribution in [0.3, 0.4) is 0 Å². The van der Waals surface area contributed by atoms with E-state index >= 15 is 0 Å². The molecule has 0 saturated carbocycles. The van der Waals surface area contributed by atoms with Gasteiger partial charge in [0.2, 0.25) is 5.91 Å². The number of carbonyl (C=O) groups excluding carboxylic acids is 1. The van der Waals surface area contributed by atoms with Gasteiger partial charge in [-0.15, -0.1) is 0 Å². The number of amides is 1. The fourth-order valence-electron chi connectivity index (χ4n) is 2.72. The fourth-order valence-corrected chi connectivity index (χ4v) is 2.72. The van der Waals surface area contributed by atoms with Crippen LogP contribution in [0.2, 0.25) is 0 Å². The van der Waals surface area contributed by atoms with E-state index in [-0.39, 0.29) is 5.91 Å². The average molecular weight is 328 g/mol. The molecule has 0 bridgehead atoms. The van der Waals surface area contributed by atoms with Gasteiger partial charge < -0.3 is 9.73 Å². The van der Waals surface area contributed by atoms with Crippen LogP contribution >= 0.6 is 0 Å². The molecule has 24 heavy (non-hydrogen) atoms. The zero-order chi connectivity index (χ0) is 17.4. The van der Waals surface area contributed by atoms with Gasteiger partial charge in [-0.2, -0.15) is 0 Å². The Balaban J connectivity index is 1.73. The molecule has 2 aromatic rings. The van der Waals surface area contributed by atoms with E-state index in [1.807, 2.05) is 42.5 Å². The second kappa shape index (κ2) is 9.28. The number of hydrogen-bond acceptors (Lipinski definition) is 3. The summed E-state index contributed by atoms with van der Waals surface area (Å²) in [4.78, 5) is 14.3. The lowest BCUT2D eigenvalue weighted by Gasteiger charge is -2.24. The van der Waals surface area contributed by atoms with Crippen molar-refractivity contribution in [2.75, 3.05) is 19.6 Å². The molecule has 0 radical (unpaired) electrons. The van der Waals surface area contributed by atoms with Crippen LogP contribution in [0.15, 0.2) is 46.9 Å². The van der Waals surface area contributed by atoms with Gasteiger partial charge in [-0.1, -0.05) is 37.3 Å². The molecule has 0 unspecified atom stereocenters. The number of likely N-dealkylation sites (N-methyl/N-ethyl adjacent to an activating group) is 1. The van der Waals surface area contributed by atoms with E-state index in [1.54, 1.807) is 0 Å². The Labute approximate surface area is 144 Å². The number of benzene rings is 1. The van der Waals surface area contributed by atoms with Gasteiger partial charge in [-0.25, -0.2) is 0 Å². The van der Waals surface area contributed by atoms with Crippen molar-refractivity contribution in [3.63, 3.8) is 0 Å². The minimum atomic E-state index is 0.0764. The number of hydrogen-bond donors (Lipinski definition) is 1. The molecular weight excluding hydrogens is 300 g/mol. The third kappa shape index (κ3) is 5.53. The number of aryl methyl sites for hydroxylation is 1. The Kier molecular flexibility index (Phi) is 7.07. The number of carbonyl (C=O) groups is 1. The maximum Gasteiger partial charge on any atom is 0.220 e. The van der Waals surface area contributed by atoms with Gasteiger partial charge >= 0.3 is 0 Å². The van der Waals surface area contributed by atoms with Crippen LogP contribution < -0.4 is 5.32 Å². The summed E-state index contributed by atoms with van der Waals surface area (Å²) in [6.45, 7) is 9.07. The number of nitrogens with one attached hydrogen (secondary N) is 1. The van der Waals surface area contributed by atoms with Crippen molar-refractivity contribution in [2.24, 2.45) is 0 Å². The molecule has 1 heterocycles. The van der Waals surface area contributed by atoms with Gasteiger partial charge in [-0.3, -0.25) is 9.69 Å². The van der Waals surface area contributed by atoms with E-state index in [2.05, 4.69) is 31.0 Å². The number of nitrogens with zero attached hydrogens (tertiary/aromatic N) is 1. The summed E-state index contributed by atoms with van der Waals surface area (Å²) in [5, 5.41) is 2.99. The van der Waals surface area contributed by atoms with E-state index in [4.69, 9.17) is 4.42 Å². The smallest absolute Gasteiger partial charge is 0.220 e. The Morgan fingerprint density at radius 2 is 1.92 bits per heavy atom. The molecule has 0 aliphatic carbocycles. The summed E-state index contributed by atoms with van der Waals surface area (Å²) in [6, 6.07) is 14.4. The second-order valence-electron chi connectivity index (χ2n) is 6.20. The molecule has 2 rings (SSSR count). The second-order valence-corrected chi connectivity index (χ2v) is 6.20. The van der Waals surface area contributed by atoms with Crippen molar-refractivity contribution in [1.82, 2.24) is 10.2 Å². The SMILES string of the molecule is CCN(CCNC(=O)CCc1ccc(-c2ccccc2)o1)C(C)C. The molecule has 1 amide bonds. The van der Waals surface area contributed by atoms with Crippen molar-refractivity contribution in [3.8, 4) is 11.3 Å². The van der Waals surface area contributed by atoms with Crippen LogP contribution in [-0.2, 0) is 11.2 Å². The minimum Gasteiger partial charge on any atom is -0.461 e. The lowest BCUT2D eigenvalue weighted by Crippen LogP contribution is -2.38. The van der Waals surface area contributed by atoms with E-state index < -0.39 is 0 Å². The predicted molar refractivity (Wildman–Crippen MR) is 97.9 cm³/mol. The zero-order valence-electron chi connectivity index (χ0n) is 14.9. The summed E-state index contributed by atoms with van der Waals surface area (Å²) in [5.74, 6) is 1.77. The van der Waals surface area contributed by atoms with Crippen LogP contribution in [0.4, 0.5) is 0 Å². The third-order valence-electron chi connectivity index (χ3n) is 4.18. The third-order valence-corrected chi connectivity index (χ3v) is 4.18. The number of rotatable bonds is 9. The van der Waals surface area contributed by atoms with Gasteiger partial charge in [0.1, 0.15) is 11.5 Å². The average Bonchev–Trinajstić information content (AvgIpc) is 3.06. The van der Waals surface area contributed by atoms with Gasteiger partial charge in [0.25, 0.3) is 0 Å². The first-order chi connectivity index (χ1) is 11.6. The molecule has 130 valence electrons. The van der Waals surface area contributed by atoms with Gasteiger partial charge in [-0.05, 0) is 32.5 Å². The molecule has 1 aromatic heterocycles. The van der Waals surface area contributed by atoms with Crippen LogP contribution in [0.1, 0.15) is 33.0 Å². The summed E-state index contributed by atoms with van der Waals surface area (Å²) in [7, 11) is 0. The highest BCUT2D eigenvalue weighted by atomic mass is 16.3. The molecule has 0 saturated heterocycles. The molecule has 4 heteroatoms. The highest BCUT2D eigenvalue weighted by Gasteiger charge is 2.09. The molecule has 0 aliphatic heterocycles. The first-order valence-corrected chi connectivity index (χ1v) is 8.75. The quantitative estimate of drug-likeness (QED) is 0.763. The summed E-state index contributed by atoms with van der Waals surface area (Å²) < 4.78 is 5.82. The van der Waals surface area contributed by atoms with E-state index in [0.717, 1.165) is 30.2 Å². The van der Waals surface area contributed by atoms with Crippen molar-refractivity contribution < 1.29 is 9.21 Å². The maximum absolute atomic E-state index is 12.0. The van der Waals surface area contributed by atoms with Crippen molar-refractivity contribution in [3.05, 3.63) is 48.2 Å². The highest BCUT2D eigenvalue weighted by Crippen LogP contribution is 2.22. The zero-order valence-corrected chi connectivity index (χ0v) is 14.9. The molecule has 1 N–H and O–H groups in total. The monoisotopic (exact) mass is 328 g/mol. The first-order valence-electron chi connectivity index (χ1n) is 8.75. The lowest BCUT2D eigenvalue weighted by molar-refractivity contribution is -0.121. The van der Waals surface area contributed by atoms with Crippen LogP contribution in [0.25, 0.3) is 11.3 Å². The Morgan fingerprint density at radius 3 is 2.58 bits per heavy atom. The molecular formula is C20H28N2O2.